The highest BCUT2D eigenvalue weighted by atomic mass is 35.5. The third-order valence-electron chi connectivity index (χ3n) is 4.16. The highest BCUT2D eigenvalue weighted by molar-refractivity contribution is 6.31. The fourth-order valence-corrected chi connectivity index (χ4v) is 2.94. The molecule has 25 heavy (non-hydrogen) atoms. The van der Waals surface area contributed by atoms with Gasteiger partial charge in [-0.05, 0) is 44.0 Å². The van der Waals surface area contributed by atoms with Crippen molar-refractivity contribution in [2.75, 3.05) is 5.32 Å². The van der Waals surface area contributed by atoms with Crippen LogP contribution in [0.1, 0.15) is 23.4 Å². The van der Waals surface area contributed by atoms with Gasteiger partial charge in [0.15, 0.2) is 0 Å². The highest BCUT2D eigenvalue weighted by Crippen LogP contribution is 2.24. The van der Waals surface area contributed by atoms with Crippen LogP contribution in [0.4, 0.5) is 5.69 Å². The second kappa shape index (κ2) is 7.06. The normalized spacial score (nSPS) is 10.9. The van der Waals surface area contributed by atoms with Crippen LogP contribution in [0.15, 0.2) is 30.9 Å². The quantitative estimate of drug-likeness (QED) is 0.760. The second-order valence-corrected chi connectivity index (χ2v) is 6.26. The lowest BCUT2D eigenvalue weighted by Gasteiger charge is -2.11. The third-order valence-corrected chi connectivity index (χ3v) is 4.39. The number of carbonyl (C=O) groups is 1. The molecule has 0 unspecified atom stereocenters. The number of nitrogens with zero attached hydrogens (tertiary/aromatic N) is 5. The van der Waals surface area contributed by atoms with Crippen LogP contribution in [0.5, 0.6) is 0 Å². The van der Waals surface area contributed by atoms with Gasteiger partial charge in [-0.15, -0.1) is 0 Å². The molecule has 3 rings (SSSR count). The Hall–Kier alpha value is -2.67. The molecule has 0 radical (unpaired) electrons. The molecule has 0 aliphatic carbocycles. The largest absolute Gasteiger partial charge is 0.324 e. The first-order valence-corrected chi connectivity index (χ1v) is 8.27. The van der Waals surface area contributed by atoms with Crippen molar-refractivity contribution in [2.24, 2.45) is 7.05 Å². The topological polar surface area (TPSA) is 77.6 Å². The van der Waals surface area contributed by atoms with Crippen molar-refractivity contribution in [3.05, 3.63) is 52.8 Å². The molecule has 0 atom stereocenters. The molecular formula is C17H19ClN6O. The third kappa shape index (κ3) is 3.71. The van der Waals surface area contributed by atoms with Crippen molar-refractivity contribution in [1.29, 1.82) is 0 Å². The fraction of sp³-hybridized carbons (Fsp3) is 0.294. The van der Waals surface area contributed by atoms with Crippen LogP contribution < -0.4 is 5.32 Å². The van der Waals surface area contributed by atoms with Gasteiger partial charge in [-0.1, -0.05) is 11.6 Å². The smallest absolute Gasteiger partial charge is 0.224 e. The van der Waals surface area contributed by atoms with E-state index in [4.69, 9.17) is 11.6 Å². The summed E-state index contributed by atoms with van der Waals surface area (Å²) in [6, 6.07) is 5.25. The van der Waals surface area contributed by atoms with Crippen molar-refractivity contribution in [1.82, 2.24) is 24.5 Å². The lowest BCUT2D eigenvalue weighted by Crippen LogP contribution is -2.15. The van der Waals surface area contributed by atoms with E-state index in [9.17, 15) is 4.79 Å². The number of aryl methyl sites for hydroxylation is 2. The van der Waals surface area contributed by atoms with E-state index in [0.29, 0.717) is 29.2 Å². The highest BCUT2D eigenvalue weighted by Gasteiger charge is 2.13. The van der Waals surface area contributed by atoms with Gasteiger partial charge in [0.2, 0.25) is 5.91 Å². The molecule has 8 heteroatoms. The maximum Gasteiger partial charge on any atom is 0.224 e. The van der Waals surface area contributed by atoms with Crippen LogP contribution in [-0.4, -0.2) is 30.5 Å². The van der Waals surface area contributed by atoms with Gasteiger partial charge < -0.3 is 5.32 Å². The minimum absolute atomic E-state index is 0.0914. The number of benzene rings is 1. The van der Waals surface area contributed by atoms with Gasteiger partial charge in [0.25, 0.3) is 0 Å². The lowest BCUT2D eigenvalue weighted by molar-refractivity contribution is -0.116. The van der Waals surface area contributed by atoms with E-state index >= 15 is 0 Å². The van der Waals surface area contributed by atoms with E-state index in [1.165, 1.54) is 6.33 Å². The number of hydrogen-bond donors (Lipinski definition) is 1. The first-order valence-electron chi connectivity index (χ1n) is 7.89. The Kier molecular flexibility index (Phi) is 4.85. The van der Waals surface area contributed by atoms with Gasteiger partial charge in [-0.25, -0.2) is 9.67 Å². The number of carbonyl (C=O) groups excluding carboxylic acids is 1. The number of amides is 1. The summed E-state index contributed by atoms with van der Waals surface area (Å²) >= 11 is 6.07. The summed E-state index contributed by atoms with van der Waals surface area (Å²) < 4.78 is 3.42. The van der Waals surface area contributed by atoms with Crippen molar-refractivity contribution >= 4 is 23.2 Å². The van der Waals surface area contributed by atoms with Crippen LogP contribution in [0, 0.1) is 13.8 Å². The predicted octanol–water partition coefficient (Wildman–Crippen LogP) is 2.84. The van der Waals surface area contributed by atoms with E-state index in [1.807, 2.05) is 25.6 Å². The molecule has 1 aromatic carbocycles. The molecule has 2 aromatic heterocycles. The summed E-state index contributed by atoms with van der Waals surface area (Å²) in [5.74, 6) is -0.0914. The number of anilines is 1. The molecular weight excluding hydrogens is 340 g/mol. The SMILES string of the molecule is Cc1nn(C)c(C)c1CCC(=O)Nc1cc(Cl)ccc1-n1cncn1. The van der Waals surface area contributed by atoms with Crippen molar-refractivity contribution in [2.45, 2.75) is 26.7 Å². The molecule has 0 bridgehead atoms. The maximum atomic E-state index is 12.4. The monoisotopic (exact) mass is 358 g/mol. The second-order valence-electron chi connectivity index (χ2n) is 5.82. The van der Waals surface area contributed by atoms with Gasteiger partial charge in [0.1, 0.15) is 12.7 Å². The molecule has 1 amide bonds. The summed E-state index contributed by atoms with van der Waals surface area (Å²) in [7, 11) is 1.91. The minimum atomic E-state index is -0.0914. The first kappa shape index (κ1) is 17.2. The van der Waals surface area contributed by atoms with Gasteiger partial charge in [-0.3, -0.25) is 9.48 Å². The van der Waals surface area contributed by atoms with Gasteiger partial charge in [-0.2, -0.15) is 10.2 Å². The lowest BCUT2D eigenvalue weighted by atomic mass is 10.1. The summed E-state index contributed by atoms with van der Waals surface area (Å²) in [6.45, 7) is 3.97. The molecule has 130 valence electrons. The molecule has 0 saturated carbocycles. The Labute approximate surface area is 150 Å². The zero-order valence-electron chi connectivity index (χ0n) is 14.3. The number of nitrogens with one attached hydrogen (secondary N) is 1. The molecule has 0 fully saturated rings. The van der Waals surface area contributed by atoms with E-state index in [2.05, 4.69) is 20.5 Å². The molecule has 0 aliphatic rings. The van der Waals surface area contributed by atoms with Gasteiger partial charge in [0, 0.05) is 24.2 Å². The van der Waals surface area contributed by atoms with Crippen LogP contribution in [0.3, 0.4) is 0 Å². The summed E-state index contributed by atoms with van der Waals surface area (Å²) in [4.78, 5) is 16.4. The Morgan fingerprint density at radius 3 is 2.76 bits per heavy atom. The molecule has 0 saturated heterocycles. The van der Waals surface area contributed by atoms with Crippen LogP contribution in [-0.2, 0) is 18.3 Å². The van der Waals surface area contributed by atoms with Crippen LogP contribution in [0.25, 0.3) is 5.69 Å². The fourth-order valence-electron chi connectivity index (χ4n) is 2.77. The van der Waals surface area contributed by atoms with Gasteiger partial charge in [0.05, 0.1) is 17.1 Å². The molecule has 0 aliphatic heterocycles. The summed E-state index contributed by atoms with van der Waals surface area (Å²) in [6.07, 6.45) is 4.00. The zero-order chi connectivity index (χ0) is 18.0. The average molecular weight is 359 g/mol. The summed E-state index contributed by atoms with van der Waals surface area (Å²) in [5, 5.41) is 11.9. The van der Waals surface area contributed by atoms with Crippen molar-refractivity contribution in [3.63, 3.8) is 0 Å². The predicted molar refractivity (Wildman–Crippen MR) is 96.0 cm³/mol. The number of rotatable bonds is 5. The van der Waals surface area contributed by atoms with E-state index in [1.54, 1.807) is 29.2 Å². The molecule has 3 aromatic rings. The standard InChI is InChI=1S/C17H19ClN6O/c1-11-14(12(2)23(3)22-11)5-7-17(25)21-15-8-13(18)4-6-16(15)24-10-19-9-20-24/h4,6,8-10H,5,7H2,1-3H3,(H,21,25). The molecule has 7 nitrogen and oxygen atoms in total. The number of halogens is 1. The minimum Gasteiger partial charge on any atom is -0.324 e. The van der Waals surface area contributed by atoms with E-state index in [0.717, 1.165) is 17.0 Å². The summed E-state index contributed by atoms with van der Waals surface area (Å²) in [5.41, 5.74) is 4.46. The molecule has 1 N–H and O–H groups in total. The average Bonchev–Trinajstić information content (AvgIpc) is 3.16. The first-order chi connectivity index (χ1) is 12.0. The maximum absolute atomic E-state index is 12.4. The Bertz CT molecular complexity index is 900. The molecule has 2 heterocycles. The molecule has 0 spiro atoms. The van der Waals surface area contributed by atoms with E-state index in [-0.39, 0.29) is 5.91 Å². The van der Waals surface area contributed by atoms with Crippen molar-refractivity contribution in [3.8, 4) is 5.69 Å². The Morgan fingerprint density at radius 1 is 1.32 bits per heavy atom. The zero-order valence-corrected chi connectivity index (χ0v) is 15.1. The number of hydrogen-bond acceptors (Lipinski definition) is 4. The number of aromatic nitrogens is 5. The Balaban J connectivity index is 1.74. The van der Waals surface area contributed by atoms with E-state index < -0.39 is 0 Å². The Morgan fingerprint density at radius 2 is 2.12 bits per heavy atom. The van der Waals surface area contributed by atoms with Gasteiger partial charge >= 0.3 is 0 Å². The van der Waals surface area contributed by atoms with Crippen molar-refractivity contribution < 1.29 is 4.79 Å². The van der Waals surface area contributed by atoms with Crippen LogP contribution in [0.2, 0.25) is 5.02 Å². The van der Waals surface area contributed by atoms with Crippen LogP contribution >= 0.6 is 11.6 Å².